The number of thioether (sulfide) groups is 1. The van der Waals surface area contributed by atoms with Gasteiger partial charge in [-0.2, -0.15) is 9.78 Å². The Bertz CT molecular complexity index is 428. The van der Waals surface area contributed by atoms with Gasteiger partial charge in [-0.1, -0.05) is 10.3 Å². The highest BCUT2D eigenvalue weighted by atomic mass is 32.2. The number of hydrogen-bond donors (Lipinski definition) is 0. The minimum atomic E-state index is -0.0346. The van der Waals surface area contributed by atoms with E-state index in [9.17, 15) is 0 Å². The molecular weight excluding hydrogens is 266 g/mol. The Labute approximate surface area is 117 Å². The second kappa shape index (κ2) is 7.78. The molecule has 0 N–H and O–H groups in total. The lowest BCUT2D eigenvalue weighted by Gasteiger charge is -2.09. The maximum atomic E-state index is 5.27. The van der Waals surface area contributed by atoms with Crippen LogP contribution in [-0.2, 0) is 9.68 Å². The van der Waals surface area contributed by atoms with Crippen LogP contribution in [0.5, 0.6) is 0 Å². The van der Waals surface area contributed by atoms with Crippen LogP contribution in [0.2, 0.25) is 0 Å². The van der Waals surface area contributed by atoms with Gasteiger partial charge in [0.05, 0.1) is 0 Å². The van der Waals surface area contributed by atoms with E-state index in [0.29, 0.717) is 10.9 Å². The van der Waals surface area contributed by atoms with Gasteiger partial charge in [-0.05, 0) is 34.0 Å². The van der Waals surface area contributed by atoms with E-state index < -0.39 is 0 Å². The lowest BCUT2D eigenvalue weighted by molar-refractivity contribution is 0.0830. The van der Waals surface area contributed by atoms with Gasteiger partial charge in [-0.25, -0.2) is 4.98 Å². The van der Waals surface area contributed by atoms with Crippen molar-refractivity contribution in [1.29, 1.82) is 0 Å². The highest BCUT2D eigenvalue weighted by Gasteiger charge is 2.14. The van der Waals surface area contributed by atoms with Crippen molar-refractivity contribution in [2.75, 3.05) is 6.26 Å². The molecule has 0 aliphatic carbocycles. The molecule has 19 heavy (non-hydrogen) atoms. The van der Waals surface area contributed by atoms with Crippen LogP contribution < -0.4 is 0 Å². The molecule has 8 heteroatoms. The van der Waals surface area contributed by atoms with Crippen molar-refractivity contribution in [2.45, 2.75) is 39.9 Å². The minimum Gasteiger partial charge on any atom is -0.392 e. The van der Waals surface area contributed by atoms with Crippen LogP contribution in [0.15, 0.2) is 23.0 Å². The summed E-state index contributed by atoms with van der Waals surface area (Å²) in [6.45, 7) is 7.59. The number of aromatic nitrogens is 3. The third-order valence-corrected chi connectivity index (χ3v) is 2.36. The molecule has 0 bridgehead atoms. The molecule has 0 unspecified atom stereocenters. The monoisotopic (exact) mass is 285 g/mol. The third kappa shape index (κ3) is 5.29. The van der Waals surface area contributed by atoms with E-state index in [1.54, 1.807) is 0 Å². The Kier molecular flexibility index (Phi) is 6.34. The van der Waals surface area contributed by atoms with Crippen molar-refractivity contribution in [3.63, 3.8) is 0 Å². The zero-order valence-corrected chi connectivity index (χ0v) is 12.6. The van der Waals surface area contributed by atoms with E-state index in [1.807, 2.05) is 34.0 Å². The Morgan fingerprint density at radius 2 is 1.79 bits per heavy atom. The third-order valence-electron chi connectivity index (χ3n) is 1.72. The Balaban J connectivity index is 3.01. The van der Waals surface area contributed by atoms with E-state index >= 15 is 0 Å². The maximum absolute atomic E-state index is 5.27. The SMILES string of the molecule is CSC(=N\OC(C)C)/C(=N/OC(C)C)n1cncn1. The Morgan fingerprint density at radius 1 is 1.16 bits per heavy atom. The summed E-state index contributed by atoms with van der Waals surface area (Å²) in [7, 11) is 0. The summed E-state index contributed by atoms with van der Waals surface area (Å²) < 4.78 is 1.49. The quantitative estimate of drug-likeness (QED) is 0.480. The van der Waals surface area contributed by atoms with Crippen LogP contribution in [0, 0.1) is 0 Å². The molecular formula is C11H19N5O2S. The molecule has 0 saturated heterocycles. The first-order chi connectivity index (χ1) is 9.04. The van der Waals surface area contributed by atoms with Crippen LogP contribution >= 0.6 is 11.8 Å². The molecule has 0 radical (unpaired) electrons. The van der Waals surface area contributed by atoms with Gasteiger partial charge in [-0.3, -0.25) is 0 Å². The van der Waals surface area contributed by atoms with Crippen molar-refractivity contribution in [2.24, 2.45) is 10.3 Å². The summed E-state index contributed by atoms with van der Waals surface area (Å²) in [5.74, 6) is 0.444. The van der Waals surface area contributed by atoms with Gasteiger partial charge in [-0.15, -0.1) is 11.8 Å². The summed E-state index contributed by atoms with van der Waals surface area (Å²) >= 11 is 1.40. The summed E-state index contributed by atoms with van der Waals surface area (Å²) in [6, 6.07) is 0. The van der Waals surface area contributed by atoms with E-state index in [2.05, 4.69) is 20.4 Å². The average Bonchev–Trinajstić information content (AvgIpc) is 2.86. The van der Waals surface area contributed by atoms with Crippen molar-refractivity contribution < 1.29 is 9.68 Å². The Hall–Kier alpha value is -1.57. The predicted molar refractivity (Wildman–Crippen MR) is 76.2 cm³/mol. The second-order valence-electron chi connectivity index (χ2n) is 4.16. The molecule has 1 aromatic rings. The van der Waals surface area contributed by atoms with E-state index in [1.165, 1.54) is 29.1 Å². The van der Waals surface area contributed by atoms with Gasteiger partial charge in [0.15, 0.2) is 5.04 Å². The molecule has 0 aliphatic heterocycles. The fourth-order valence-corrected chi connectivity index (χ4v) is 1.41. The summed E-state index contributed by atoms with van der Waals surface area (Å²) in [5.41, 5.74) is 0. The molecule has 1 rings (SSSR count). The van der Waals surface area contributed by atoms with E-state index in [0.717, 1.165) is 0 Å². The first-order valence-corrected chi connectivity index (χ1v) is 7.14. The van der Waals surface area contributed by atoms with Gasteiger partial charge in [0.1, 0.15) is 24.9 Å². The van der Waals surface area contributed by atoms with Crippen LogP contribution in [-0.4, -0.2) is 44.1 Å². The molecule has 0 aliphatic rings. The fraction of sp³-hybridized carbons (Fsp3) is 0.636. The van der Waals surface area contributed by atoms with Crippen molar-refractivity contribution in [1.82, 2.24) is 14.8 Å². The Morgan fingerprint density at radius 3 is 2.26 bits per heavy atom. The van der Waals surface area contributed by atoms with E-state index in [4.69, 9.17) is 9.68 Å². The van der Waals surface area contributed by atoms with Crippen LogP contribution in [0.25, 0.3) is 0 Å². The smallest absolute Gasteiger partial charge is 0.230 e. The van der Waals surface area contributed by atoms with Gasteiger partial charge < -0.3 is 9.68 Å². The van der Waals surface area contributed by atoms with Crippen LogP contribution in [0.1, 0.15) is 27.7 Å². The molecule has 0 saturated carbocycles. The lowest BCUT2D eigenvalue weighted by Crippen LogP contribution is -2.23. The predicted octanol–water partition coefficient (Wildman–Crippen LogP) is 1.97. The summed E-state index contributed by atoms with van der Waals surface area (Å²) in [4.78, 5) is 14.4. The maximum Gasteiger partial charge on any atom is 0.230 e. The fourth-order valence-electron chi connectivity index (χ4n) is 0.974. The number of hydrogen-bond acceptors (Lipinski definition) is 7. The summed E-state index contributed by atoms with van der Waals surface area (Å²) in [5, 5.41) is 12.7. The van der Waals surface area contributed by atoms with Crippen LogP contribution in [0.3, 0.4) is 0 Å². The van der Waals surface area contributed by atoms with Gasteiger partial charge in [0, 0.05) is 0 Å². The summed E-state index contributed by atoms with van der Waals surface area (Å²) in [6.07, 6.45) is 4.79. The first-order valence-electron chi connectivity index (χ1n) is 5.91. The zero-order valence-electron chi connectivity index (χ0n) is 11.8. The molecule has 1 heterocycles. The normalized spacial score (nSPS) is 13.2. The highest BCUT2D eigenvalue weighted by Crippen LogP contribution is 2.06. The second-order valence-corrected chi connectivity index (χ2v) is 4.96. The first kappa shape index (κ1) is 15.5. The van der Waals surface area contributed by atoms with Crippen LogP contribution in [0.4, 0.5) is 0 Å². The molecule has 0 amide bonds. The zero-order chi connectivity index (χ0) is 14.3. The number of rotatable bonds is 4. The molecule has 0 fully saturated rings. The van der Waals surface area contributed by atoms with Crippen molar-refractivity contribution >= 4 is 22.6 Å². The number of oxime groups is 2. The minimum absolute atomic E-state index is 0.00911. The standard InChI is InChI=1S/C11H19N5O2S/c1-8(2)17-14-10(16-7-12-6-13-16)11(19-5)15-18-9(3)4/h6-9H,1-5H3/b14-10-,15-11-. The van der Waals surface area contributed by atoms with Gasteiger partial charge in [0.2, 0.25) is 5.84 Å². The molecule has 106 valence electrons. The highest BCUT2D eigenvalue weighted by molar-refractivity contribution is 8.15. The van der Waals surface area contributed by atoms with Gasteiger partial charge in [0.25, 0.3) is 0 Å². The van der Waals surface area contributed by atoms with Crippen molar-refractivity contribution in [3.8, 4) is 0 Å². The molecule has 1 aromatic heterocycles. The molecule has 0 aromatic carbocycles. The van der Waals surface area contributed by atoms with Gasteiger partial charge >= 0.3 is 0 Å². The molecule has 0 atom stereocenters. The average molecular weight is 285 g/mol. The molecule has 7 nitrogen and oxygen atoms in total. The molecule has 0 spiro atoms. The van der Waals surface area contributed by atoms with E-state index in [-0.39, 0.29) is 12.2 Å². The topological polar surface area (TPSA) is 73.9 Å². The lowest BCUT2D eigenvalue weighted by atomic mass is 10.5. The number of nitrogens with zero attached hydrogens (tertiary/aromatic N) is 5. The largest absolute Gasteiger partial charge is 0.392 e. The van der Waals surface area contributed by atoms with Crippen molar-refractivity contribution in [3.05, 3.63) is 12.7 Å².